The number of thioether (sulfide) groups is 1. The maximum absolute atomic E-state index is 13.0. The molecule has 222 valence electrons. The van der Waals surface area contributed by atoms with E-state index in [0.29, 0.717) is 42.6 Å². The lowest BCUT2D eigenvalue weighted by molar-refractivity contribution is -0.132. The van der Waals surface area contributed by atoms with Crippen molar-refractivity contribution in [2.45, 2.75) is 19.8 Å². The van der Waals surface area contributed by atoms with Gasteiger partial charge in [0.1, 0.15) is 6.54 Å². The lowest BCUT2D eigenvalue weighted by atomic mass is 10.2. The van der Waals surface area contributed by atoms with Crippen molar-refractivity contribution in [3.8, 4) is 11.5 Å². The van der Waals surface area contributed by atoms with Crippen molar-refractivity contribution in [2.75, 3.05) is 69.4 Å². The fraction of sp³-hybridized carbons (Fsp3) is 0.400. The van der Waals surface area contributed by atoms with Crippen molar-refractivity contribution >= 4 is 52.2 Å². The molecule has 4 amide bonds. The predicted octanol–water partition coefficient (Wildman–Crippen LogP) is 3.60. The molecule has 0 spiro atoms. The highest BCUT2D eigenvalue weighted by atomic mass is 32.2. The molecule has 42 heavy (non-hydrogen) atoms. The first-order chi connectivity index (χ1) is 20.4. The zero-order chi connectivity index (χ0) is 29.5. The SMILES string of the molecule is CCOc1cc(/C=C2\SC(=O)N(CC(=O)Nc3ccc(N4CCOCC4)cc3)C2=O)ccc1OCC(=O)N1CCCC1. The summed E-state index contributed by atoms with van der Waals surface area (Å²) < 4.78 is 16.8. The van der Waals surface area contributed by atoms with Crippen LogP contribution in [0.4, 0.5) is 16.2 Å². The van der Waals surface area contributed by atoms with Crippen LogP contribution in [0.1, 0.15) is 25.3 Å². The molecular formula is C30H34N4O7S. The summed E-state index contributed by atoms with van der Waals surface area (Å²) in [6, 6.07) is 12.5. The monoisotopic (exact) mass is 594 g/mol. The Morgan fingerprint density at radius 3 is 2.43 bits per heavy atom. The van der Waals surface area contributed by atoms with Gasteiger partial charge in [0.2, 0.25) is 5.91 Å². The molecule has 3 aliphatic rings. The number of nitrogens with zero attached hydrogens (tertiary/aromatic N) is 3. The molecule has 11 nitrogen and oxygen atoms in total. The second kappa shape index (κ2) is 13.8. The first kappa shape index (κ1) is 29.5. The predicted molar refractivity (Wildman–Crippen MR) is 160 cm³/mol. The van der Waals surface area contributed by atoms with Crippen LogP contribution in [-0.4, -0.2) is 91.9 Å². The van der Waals surface area contributed by atoms with E-state index in [2.05, 4.69) is 10.2 Å². The number of carbonyl (C=O) groups is 4. The molecule has 0 saturated carbocycles. The number of hydrogen-bond acceptors (Lipinski definition) is 9. The smallest absolute Gasteiger partial charge is 0.294 e. The van der Waals surface area contributed by atoms with Crippen LogP contribution in [0.3, 0.4) is 0 Å². The summed E-state index contributed by atoms with van der Waals surface area (Å²) in [5.41, 5.74) is 2.23. The largest absolute Gasteiger partial charge is 0.490 e. The van der Waals surface area contributed by atoms with Crippen LogP contribution in [0.5, 0.6) is 11.5 Å². The molecule has 0 bridgehead atoms. The minimum atomic E-state index is -0.544. The Hall–Kier alpha value is -4.03. The van der Waals surface area contributed by atoms with Crippen LogP contribution >= 0.6 is 11.8 Å². The number of rotatable bonds is 10. The number of anilines is 2. The molecule has 5 rings (SSSR count). The summed E-state index contributed by atoms with van der Waals surface area (Å²) in [4.78, 5) is 55.8. The Morgan fingerprint density at radius 1 is 0.976 bits per heavy atom. The average molecular weight is 595 g/mol. The van der Waals surface area contributed by atoms with Gasteiger partial charge >= 0.3 is 0 Å². The molecule has 12 heteroatoms. The van der Waals surface area contributed by atoms with E-state index in [1.54, 1.807) is 41.3 Å². The van der Waals surface area contributed by atoms with Crippen molar-refractivity contribution in [3.05, 3.63) is 52.9 Å². The number of benzene rings is 2. The zero-order valence-corrected chi connectivity index (χ0v) is 24.3. The van der Waals surface area contributed by atoms with Gasteiger partial charge in [-0.15, -0.1) is 0 Å². The maximum Gasteiger partial charge on any atom is 0.294 e. The molecule has 3 saturated heterocycles. The Kier molecular flexibility index (Phi) is 9.65. The molecule has 3 fully saturated rings. The number of hydrogen-bond donors (Lipinski definition) is 1. The second-order valence-corrected chi connectivity index (χ2v) is 11.0. The molecule has 0 aromatic heterocycles. The number of imide groups is 1. The Balaban J connectivity index is 1.19. The van der Waals surface area contributed by atoms with Crippen LogP contribution in [0, 0.1) is 0 Å². The third kappa shape index (κ3) is 7.24. The van der Waals surface area contributed by atoms with E-state index in [0.717, 1.165) is 61.4 Å². The van der Waals surface area contributed by atoms with Crippen molar-refractivity contribution in [1.82, 2.24) is 9.80 Å². The highest BCUT2D eigenvalue weighted by Crippen LogP contribution is 2.35. The summed E-state index contributed by atoms with van der Waals surface area (Å²) in [7, 11) is 0. The van der Waals surface area contributed by atoms with Gasteiger partial charge in [-0.1, -0.05) is 6.07 Å². The van der Waals surface area contributed by atoms with E-state index >= 15 is 0 Å². The Morgan fingerprint density at radius 2 is 1.71 bits per heavy atom. The molecule has 1 N–H and O–H groups in total. The molecule has 0 unspecified atom stereocenters. The standard InChI is InChI=1S/C30H34N4O7S/c1-2-40-25-17-21(5-10-24(25)41-20-28(36)33-11-3-4-12-33)18-26-29(37)34(30(38)42-26)19-27(35)31-22-6-8-23(9-7-22)32-13-15-39-16-14-32/h5-10,17-18H,2-4,11-16,19-20H2,1H3,(H,31,35)/b26-18-. The quantitative estimate of drug-likeness (QED) is 0.412. The van der Waals surface area contributed by atoms with Crippen LogP contribution < -0.4 is 19.7 Å². The van der Waals surface area contributed by atoms with E-state index in [4.69, 9.17) is 14.2 Å². The van der Waals surface area contributed by atoms with Crippen LogP contribution in [0.2, 0.25) is 0 Å². The highest BCUT2D eigenvalue weighted by Gasteiger charge is 2.36. The van der Waals surface area contributed by atoms with Crippen molar-refractivity contribution < 1.29 is 33.4 Å². The zero-order valence-electron chi connectivity index (χ0n) is 23.5. The lowest BCUT2D eigenvalue weighted by Crippen LogP contribution is -2.36. The van der Waals surface area contributed by atoms with Gasteiger partial charge in [0.25, 0.3) is 17.1 Å². The molecule has 0 aliphatic carbocycles. The number of likely N-dealkylation sites (tertiary alicyclic amines) is 1. The highest BCUT2D eigenvalue weighted by molar-refractivity contribution is 8.18. The summed E-state index contributed by atoms with van der Waals surface area (Å²) in [6.07, 6.45) is 3.59. The summed E-state index contributed by atoms with van der Waals surface area (Å²) in [5, 5.41) is 2.24. The third-order valence-corrected chi connectivity index (χ3v) is 7.99. The molecule has 2 aromatic rings. The number of carbonyl (C=O) groups excluding carboxylic acids is 4. The fourth-order valence-electron chi connectivity index (χ4n) is 4.91. The van der Waals surface area contributed by atoms with E-state index in [1.165, 1.54) is 0 Å². The molecule has 3 aliphatic heterocycles. The van der Waals surface area contributed by atoms with Crippen molar-refractivity contribution in [2.24, 2.45) is 0 Å². The van der Waals surface area contributed by atoms with Gasteiger partial charge in [0, 0.05) is 37.6 Å². The third-order valence-electron chi connectivity index (χ3n) is 7.08. The number of nitrogens with one attached hydrogen (secondary N) is 1. The molecule has 0 radical (unpaired) electrons. The fourth-order valence-corrected chi connectivity index (χ4v) is 5.75. The van der Waals surface area contributed by atoms with Gasteiger partial charge in [0.05, 0.1) is 24.7 Å². The molecule has 0 atom stereocenters. The van der Waals surface area contributed by atoms with Gasteiger partial charge in [-0.2, -0.15) is 0 Å². The molecule has 2 aromatic carbocycles. The number of ether oxygens (including phenoxy) is 3. The lowest BCUT2D eigenvalue weighted by Gasteiger charge is -2.28. The minimum absolute atomic E-state index is 0.0678. The van der Waals surface area contributed by atoms with Crippen molar-refractivity contribution in [1.29, 1.82) is 0 Å². The van der Waals surface area contributed by atoms with Crippen LogP contribution in [0.25, 0.3) is 6.08 Å². The van der Waals surface area contributed by atoms with Gasteiger partial charge < -0.3 is 29.3 Å². The topological polar surface area (TPSA) is 118 Å². The minimum Gasteiger partial charge on any atom is -0.490 e. The summed E-state index contributed by atoms with van der Waals surface area (Å²) in [6.45, 7) is 6.21. The van der Waals surface area contributed by atoms with Crippen molar-refractivity contribution in [3.63, 3.8) is 0 Å². The first-order valence-electron chi connectivity index (χ1n) is 14.1. The summed E-state index contributed by atoms with van der Waals surface area (Å²) >= 11 is 0.775. The summed E-state index contributed by atoms with van der Waals surface area (Å²) in [5.74, 6) is -0.233. The van der Waals surface area contributed by atoms with E-state index in [1.807, 2.05) is 19.1 Å². The Labute approximate surface area is 248 Å². The van der Waals surface area contributed by atoms with Gasteiger partial charge in [-0.05, 0) is 79.6 Å². The first-order valence-corrected chi connectivity index (χ1v) is 14.9. The van der Waals surface area contributed by atoms with E-state index < -0.39 is 23.6 Å². The van der Waals surface area contributed by atoms with Crippen LogP contribution in [-0.2, 0) is 19.1 Å². The maximum atomic E-state index is 13.0. The number of morpholine rings is 1. The molecular weight excluding hydrogens is 560 g/mol. The van der Waals surface area contributed by atoms with Crippen LogP contribution in [0.15, 0.2) is 47.4 Å². The van der Waals surface area contributed by atoms with E-state index in [9.17, 15) is 19.2 Å². The average Bonchev–Trinajstić information content (AvgIpc) is 3.63. The van der Waals surface area contributed by atoms with E-state index in [-0.39, 0.29) is 17.4 Å². The van der Waals surface area contributed by atoms with Gasteiger partial charge in [-0.3, -0.25) is 24.1 Å². The Bertz CT molecular complexity index is 1350. The second-order valence-electron chi connectivity index (χ2n) is 9.98. The molecule has 3 heterocycles. The van der Waals surface area contributed by atoms with Gasteiger partial charge in [0.15, 0.2) is 18.1 Å². The normalized spacial score (nSPS) is 18.1. The van der Waals surface area contributed by atoms with Gasteiger partial charge in [-0.25, -0.2) is 0 Å². The number of amides is 4.